The van der Waals surface area contributed by atoms with Crippen molar-refractivity contribution in [3.8, 4) is 0 Å². The van der Waals surface area contributed by atoms with Crippen LogP contribution in [0.25, 0.3) is 0 Å². The Bertz CT molecular complexity index is 518. The Kier molecular flexibility index (Phi) is 3.92. The molecule has 2 aromatic rings. The lowest BCUT2D eigenvalue weighted by Gasteiger charge is -2.09. The first-order valence-corrected chi connectivity index (χ1v) is 6.31. The van der Waals surface area contributed by atoms with E-state index in [9.17, 15) is 0 Å². The summed E-state index contributed by atoms with van der Waals surface area (Å²) in [6, 6.07) is 8.66. The Balaban J connectivity index is 2.04. The SMILES string of the molecule is CCc1ccc(CNc2nc(C)cnc2C)cc1. The lowest BCUT2D eigenvalue weighted by molar-refractivity contribution is 1.02. The lowest BCUT2D eigenvalue weighted by atomic mass is 10.1. The fourth-order valence-electron chi connectivity index (χ4n) is 1.78. The standard InChI is InChI=1S/C15H19N3/c1-4-13-5-7-14(8-6-13)10-17-15-12(3)16-9-11(2)18-15/h5-9H,4,10H2,1-3H3,(H,17,18). The number of benzene rings is 1. The van der Waals surface area contributed by atoms with Crippen LogP contribution in [0, 0.1) is 13.8 Å². The molecule has 0 radical (unpaired) electrons. The number of hydrogen-bond acceptors (Lipinski definition) is 3. The van der Waals surface area contributed by atoms with Crippen LogP contribution in [0.3, 0.4) is 0 Å². The van der Waals surface area contributed by atoms with Crippen LogP contribution in [0.4, 0.5) is 5.82 Å². The Morgan fingerprint density at radius 3 is 2.39 bits per heavy atom. The molecule has 0 aliphatic carbocycles. The quantitative estimate of drug-likeness (QED) is 0.892. The highest BCUT2D eigenvalue weighted by atomic mass is 15.0. The molecule has 0 aliphatic rings. The number of rotatable bonds is 4. The third kappa shape index (κ3) is 3.06. The molecule has 0 aliphatic heterocycles. The number of anilines is 1. The van der Waals surface area contributed by atoms with Crippen LogP contribution in [0.2, 0.25) is 0 Å². The Morgan fingerprint density at radius 1 is 1.06 bits per heavy atom. The molecule has 0 saturated heterocycles. The van der Waals surface area contributed by atoms with Gasteiger partial charge in [-0.2, -0.15) is 0 Å². The van der Waals surface area contributed by atoms with E-state index in [1.54, 1.807) is 6.20 Å². The number of aryl methyl sites for hydroxylation is 3. The van der Waals surface area contributed by atoms with E-state index in [4.69, 9.17) is 0 Å². The molecule has 1 aromatic carbocycles. The summed E-state index contributed by atoms with van der Waals surface area (Å²) >= 11 is 0. The summed E-state index contributed by atoms with van der Waals surface area (Å²) in [5.41, 5.74) is 4.50. The molecule has 3 nitrogen and oxygen atoms in total. The maximum atomic E-state index is 4.45. The van der Waals surface area contributed by atoms with Crippen molar-refractivity contribution in [3.05, 3.63) is 53.0 Å². The maximum absolute atomic E-state index is 4.45. The van der Waals surface area contributed by atoms with Gasteiger partial charge in [-0.25, -0.2) is 4.98 Å². The zero-order chi connectivity index (χ0) is 13.0. The largest absolute Gasteiger partial charge is 0.364 e. The van der Waals surface area contributed by atoms with Crippen LogP contribution < -0.4 is 5.32 Å². The highest BCUT2D eigenvalue weighted by Crippen LogP contribution is 2.11. The van der Waals surface area contributed by atoms with Gasteiger partial charge >= 0.3 is 0 Å². The summed E-state index contributed by atoms with van der Waals surface area (Å²) in [5, 5.41) is 3.33. The summed E-state index contributed by atoms with van der Waals surface area (Å²) in [6.07, 6.45) is 2.87. The van der Waals surface area contributed by atoms with Crippen LogP contribution in [0.1, 0.15) is 29.4 Å². The van der Waals surface area contributed by atoms with Gasteiger partial charge in [-0.05, 0) is 31.4 Å². The first kappa shape index (κ1) is 12.6. The van der Waals surface area contributed by atoms with Gasteiger partial charge in [0.2, 0.25) is 0 Å². The molecule has 94 valence electrons. The molecule has 1 aromatic heterocycles. The second-order valence-corrected chi connectivity index (χ2v) is 4.47. The molecule has 0 atom stereocenters. The molecule has 0 amide bonds. The molecule has 3 heteroatoms. The smallest absolute Gasteiger partial charge is 0.148 e. The summed E-state index contributed by atoms with van der Waals surface area (Å²) in [5.74, 6) is 0.870. The zero-order valence-electron chi connectivity index (χ0n) is 11.2. The maximum Gasteiger partial charge on any atom is 0.148 e. The average molecular weight is 241 g/mol. The van der Waals surface area contributed by atoms with E-state index in [1.165, 1.54) is 11.1 Å². The molecule has 2 rings (SSSR count). The minimum Gasteiger partial charge on any atom is -0.364 e. The number of nitrogens with zero attached hydrogens (tertiary/aromatic N) is 2. The van der Waals surface area contributed by atoms with E-state index in [0.29, 0.717) is 0 Å². The van der Waals surface area contributed by atoms with E-state index in [1.807, 2.05) is 13.8 Å². The summed E-state index contributed by atoms with van der Waals surface area (Å²) < 4.78 is 0. The van der Waals surface area contributed by atoms with Crippen molar-refractivity contribution in [2.24, 2.45) is 0 Å². The van der Waals surface area contributed by atoms with Crippen molar-refractivity contribution in [1.82, 2.24) is 9.97 Å². The first-order valence-electron chi connectivity index (χ1n) is 6.31. The number of aromatic nitrogens is 2. The van der Waals surface area contributed by atoms with E-state index >= 15 is 0 Å². The minimum absolute atomic E-state index is 0.781. The van der Waals surface area contributed by atoms with Crippen molar-refractivity contribution >= 4 is 5.82 Å². The summed E-state index contributed by atoms with van der Waals surface area (Å²) in [7, 11) is 0. The van der Waals surface area contributed by atoms with E-state index in [-0.39, 0.29) is 0 Å². The highest BCUT2D eigenvalue weighted by Gasteiger charge is 2.01. The van der Waals surface area contributed by atoms with Gasteiger partial charge in [0.1, 0.15) is 5.82 Å². The van der Waals surface area contributed by atoms with Crippen LogP contribution in [0.15, 0.2) is 30.5 Å². The molecule has 0 fully saturated rings. The molecular formula is C15H19N3. The van der Waals surface area contributed by atoms with Gasteiger partial charge in [0.25, 0.3) is 0 Å². The van der Waals surface area contributed by atoms with Gasteiger partial charge in [0.05, 0.1) is 11.4 Å². The van der Waals surface area contributed by atoms with E-state index in [2.05, 4.69) is 46.5 Å². The molecular weight excluding hydrogens is 222 g/mol. The Hall–Kier alpha value is -1.90. The second-order valence-electron chi connectivity index (χ2n) is 4.47. The van der Waals surface area contributed by atoms with Crippen molar-refractivity contribution in [2.45, 2.75) is 33.7 Å². The van der Waals surface area contributed by atoms with Crippen LogP contribution in [-0.4, -0.2) is 9.97 Å². The minimum atomic E-state index is 0.781. The average Bonchev–Trinajstić information content (AvgIpc) is 2.40. The van der Waals surface area contributed by atoms with E-state index in [0.717, 1.165) is 30.2 Å². The molecule has 0 spiro atoms. The first-order chi connectivity index (χ1) is 8.69. The van der Waals surface area contributed by atoms with Crippen molar-refractivity contribution in [1.29, 1.82) is 0 Å². The van der Waals surface area contributed by atoms with Gasteiger partial charge in [-0.3, -0.25) is 4.98 Å². The van der Waals surface area contributed by atoms with Gasteiger partial charge in [-0.15, -0.1) is 0 Å². The van der Waals surface area contributed by atoms with Crippen molar-refractivity contribution < 1.29 is 0 Å². The summed E-state index contributed by atoms with van der Waals surface area (Å²) in [6.45, 7) is 6.87. The molecule has 1 N–H and O–H groups in total. The summed E-state index contributed by atoms with van der Waals surface area (Å²) in [4.78, 5) is 8.74. The van der Waals surface area contributed by atoms with Gasteiger partial charge < -0.3 is 5.32 Å². The molecule has 0 unspecified atom stereocenters. The predicted octanol–water partition coefficient (Wildman–Crippen LogP) is 3.27. The number of hydrogen-bond donors (Lipinski definition) is 1. The topological polar surface area (TPSA) is 37.8 Å². The van der Waals surface area contributed by atoms with Gasteiger partial charge in [0.15, 0.2) is 0 Å². The normalized spacial score (nSPS) is 10.4. The van der Waals surface area contributed by atoms with Crippen molar-refractivity contribution in [2.75, 3.05) is 5.32 Å². The zero-order valence-corrected chi connectivity index (χ0v) is 11.2. The fourth-order valence-corrected chi connectivity index (χ4v) is 1.78. The lowest BCUT2D eigenvalue weighted by Crippen LogP contribution is -2.05. The predicted molar refractivity (Wildman–Crippen MR) is 74.7 cm³/mol. The Morgan fingerprint density at radius 2 is 1.72 bits per heavy atom. The van der Waals surface area contributed by atoms with Crippen LogP contribution in [-0.2, 0) is 13.0 Å². The third-order valence-corrected chi connectivity index (χ3v) is 2.97. The highest BCUT2D eigenvalue weighted by molar-refractivity contribution is 5.40. The van der Waals surface area contributed by atoms with Gasteiger partial charge in [-0.1, -0.05) is 31.2 Å². The molecule has 1 heterocycles. The second kappa shape index (κ2) is 5.63. The third-order valence-electron chi connectivity index (χ3n) is 2.97. The van der Waals surface area contributed by atoms with Crippen LogP contribution in [0.5, 0.6) is 0 Å². The van der Waals surface area contributed by atoms with E-state index < -0.39 is 0 Å². The molecule has 0 saturated carbocycles. The van der Waals surface area contributed by atoms with Crippen LogP contribution >= 0.6 is 0 Å². The Labute approximate surface area is 108 Å². The number of nitrogens with one attached hydrogen (secondary N) is 1. The fraction of sp³-hybridized carbons (Fsp3) is 0.333. The molecule has 18 heavy (non-hydrogen) atoms. The van der Waals surface area contributed by atoms with Gasteiger partial charge in [0, 0.05) is 12.7 Å². The molecule has 0 bridgehead atoms. The monoisotopic (exact) mass is 241 g/mol. The van der Waals surface area contributed by atoms with Crippen molar-refractivity contribution in [3.63, 3.8) is 0 Å².